The van der Waals surface area contributed by atoms with Gasteiger partial charge in [-0.1, -0.05) is 11.6 Å². The molecule has 3 rings (SSSR count). The fraction of sp³-hybridized carbons (Fsp3) is 0.423. The molecule has 2 N–H and O–H groups in total. The Morgan fingerprint density at radius 2 is 1.45 bits per heavy atom. The average Bonchev–Trinajstić information content (AvgIpc) is 2.79. The van der Waals surface area contributed by atoms with E-state index < -0.39 is 25.6 Å². The van der Waals surface area contributed by atoms with Crippen LogP contribution in [0.25, 0.3) is 22.0 Å². The summed E-state index contributed by atoms with van der Waals surface area (Å²) in [7, 11) is 0. The van der Waals surface area contributed by atoms with Gasteiger partial charge in [-0.25, -0.2) is 0 Å². The molecule has 0 fully saturated rings. The van der Waals surface area contributed by atoms with Gasteiger partial charge in [0.15, 0.2) is 13.2 Å². The Bertz CT molecular complexity index is 1210. The van der Waals surface area contributed by atoms with Gasteiger partial charge in [-0.15, -0.1) is 0 Å². The Balaban J connectivity index is 2.01. The van der Waals surface area contributed by atoms with E-state index in [1.807, 2.05) is 20.8 Å². The van der Waals surface area contributed by atoms with Gasteiger partial charge in [-0.3, -0.25) is 4.98 Å². The number of anilines is 1. The molecule has 38 heavy (non-hydrogen) atoms. The van der Waals surface area contributed by atoms with Gasteiger partial charge in [0.1, 0.15) is 11.5 Å². The second-order valence-electron chi connectivity index (χ2n) is 9.67. The van der Waals surface area contributed by atoms with E-state index in [2.05, 4.69) is 15.6 Å². The number of ether oxygens (including phenoxy) is 2. The summed E-state index contributed by atoms with van der Waals surface area (Å²) in [5.74, 6) is -0.595. The number of pyridine rings is 1. The van der Waals surface area contributed by atoms with Gasteiger partial charge < -0.3 is 20.1 Å². The normalized spacial score (nSPS) is 12.6. The molecule has 0 saturated heterocycles. The second kappa shape index (κ2) is 11.9. The molecule has 0 atom stereocenters. The van der Waals surface area contributed by atoms with Gasteiger partial charge in [0.05, 0.1) is 11.2 Å². The molecule has 0 aliphatic heterocycles. The van der Waals surface area contributed by atoms with Crippen LogP contribution in [0.3, 0.4) is 0 Å². The molecule has 0 amide bonds. The zero-order valence-electron chi connectivity index (χ0n) is 21.0. The van der Waals surface area contributed by atoms with Crippen LogP contribution in [0.2, 0.25) is 5.02 Å². The summed E-state index contributed by atoms with van der Waals surface area (Å²) in [6, 6.07) is 8.67. The van der Waals surface area contributed by atoms with Crippen molar-refractivity contribution in [3.8, 4) is 22.6 Å². The first-order valence-electron chi connectivity index (χ1n) is 11.7. The maximum atomic E-state index is 12.8. The molecule has 0 spiro atoms. The third-order valence-electron chi connectivity index (χ3n) is 5.14. The zero-order chi connectivity index (χ0) is 28.1. The van der Waals surface area contributed by atoms with Crippen molar-refractivity contribution in [2.75, 3.05) is 31.6 Å². The molecular formula is C26H28ClF6N3O2. The predicted octanol–water partition coefficient (Wildman–Crippen LogP) is 7.63. The molecule has 0 aliphatic rings. The lowest BCUT2D eigenvalue weighted by atomic mass is 10.0. The summed E-state index contributed by atoms with van der Waals surface area (Å²) in [6.45, 7) is 4.15. The molecule has 2 aromatic carbocycles. The van der Waals surface area contributed by atoms with Crippen LogP contribution in [0.1, 0.15) is 27.2 Å². The van der Waals surface area contributed by atoms with Gasteiger partial charge in [-0.2, -0.15) is 26.3 Å². The number of fused-ring (bicyclic) bond motifs is 1. The lowest BCUT2D eigenvalue weighted by molar-refractivity contribution is -0.153. The number of alkyl halides is 6. The van der Waals surface area contributed by atoms with Crippen molar-refractivity contribution in [2.24, 2.45) is 0 Å². The van der Waals surface area contributed by atoms with Gasteiger partial charge in [0, 0.05) is 40.3 Å². The minimum absolute atomic E-state index is 0.0606. The van der Waals surface area contributed by atoms with Crippen molar-refractivity contribution >= 4 is 28.2 Å². The summed E-state index contributed by atoms with van der Waals surface area (Å²) in [6.07, 6.45) is -7.06. The van der Waals surface area contributed by atoms with Crippen LogP contribution < -0.4 is 20.1 Å². The van der Waals surface area contributed by atoms with Crippen LogP contribution in [0.4, 0.5) is 32.0 Å². The van der Waals surface area contributed by atoms with Gasteiger partial charge in [0.25, 0.3) is 0 Å². The highest BCUT2D eigenvalue weighted by molar-refractivity contribution is 6.31. The highest BCUT2D eigenvalue weighted by Gasteiger charge is 2.30. The zero-order valence-corrected chi connectivity index (χ0v) is 21.7. The van der Waals surface area contributed by atoms with Crippen LogP contribution in [0, 0.1) is 0 Å². The van der Waals surface area contributed by atoms with Crippen molar-refractivity contribution in [3.05, 3.63) is 47.6 Å². The van der Waals surface area contributed by atoms with Crippen molar-refractivity contribution in [1.29, 1.82) is 0 Å². The minimum atomic E-state index is -4.64. The number of rotatable bonds is 10. The monoisotopic (exact) mass is 563 g/mol. The largest absolute Gasteiger partial charge is 0.484 e. The molecule has 3 aromatic rings. The highest BCUT2D eigenvalue weighted by atomic mass is 35.5. The molecule has 0 aliphatic carbocycles. The Kier molecular flexibility index (Phi) is 9.25. The number of hydrogen-bond donors (Lipinski definition) is 2. The Labute approximate surface area is 221 Å². The van der Waals surface area contributed by atoms with E-state index in [0.29, 0.717) is 33.7 Å². The first-order valence-corrected chi connectivity index (χ1v) is 12.1. The topological polar surface area (TPSA) is 55.4 Å². The van der Waals surface area contributed by atoms with E-state index >= 15 is 0 Å². The van der Waals surface area contributed by atoms with E-state index in [0.717, 1.165) is 19.0 Å². The second-order valence-corrected chi connectivity index (χ2v) is 10.1. The van der Waals surface area contributed by atoms with E-state index in [4.69, 9.17) is 21.1 Å². The van der Waals surface area contributed by atoms with Crippen LogP contribution >= 0.6 is 11.6 Å². The molecule has 5 nitrogen and oxygen atoms in total. The molecule has 1 heterocycles. The Morgan fingerprint density at radius 1 is 0.842 bits per heavy atom. The molecule has 1 aromatic heterocycles. The van der Waals surface area contributed by atoms with Crippen molar-refractivity contribution in [2.45, 2.75) is 45.1 Å². The first kappa shape index (κ1) is 29.6. The van der Waals surface area contributed by atoms with Gasteiger partial charge in [0.2, 0.25) is 0 Å². The fourth-order valence-electron chi connectivity index (χ4n) is 3.57. The lowest BCUT2D eigenvalue weighted by Crippen LogP contribution is -2.36. The summed E-state index contributed by atoms with van der Waals surface area (Å²) >= 11 is 6.12. The van der Waals surface area contributed by atoms with E-state index in [9.17, 15) is 26.3 Å². The number of benzene rings is 2. The third kappa shape index (κ3) is 9.43. The number of aromatic nitrogens is 1. The average molecular weight is 564 g/mol. The standard InChI is InChI=1S/C26H28ClF6N3O2/c1-24(2,3)36-8-4-7-34-23-20-6-5-17(27)11-22(20)35-13-21(23)16-9-18(37-14-25(28,29)30)12-19(10-16)38-15-26(31,32)33/h5-6,9-13,36H,4,7-8,14-15H2,1-3H3,(H,34,35). The summed E-state index contributed by atoms with van der Waals surface area (Å²) in [5, 5.41) is 7.86. The maximum Gasteiger partial charge on any atom is 0.422 e. The van der Waals surface area contributed by atoms with Crippen molar-refractivity contribution in [1.82, 2.24) is 10.3 Å². The molecule has 12 heteroatoms. The fourth-order valence-corrected chi connectivity index (χ4v) is 3.73. The molecule has 0 radical (unpaired) electrons. The molecule has 0 unspecified atom stereocenters. The lowest BCUT2D eigenvalue weighted by Gasteiger charge is -2.21. The number of hydrogen-bond acceptors (Lipinski definition) is 5. The highest BCUT2D eigenvalue weighted by Crippen LogP contribution is 2.38. The van der Waals surface area contributed by atoms with Crippen molar-refractivity contribution in [3.63, 3.8) is 0 Å². The molecule has 0 saturated carbocycles. The maximum absolute atomic E-state index is 12.8. The van der Waals surface area contributed by atoms with Crippen LogP contribution in [0.15, 0.2) is 42.6 Å². The van der Waals surface area contributed by atoms with Gasteiger partial charge >= 0.3 is 12.4 Å². The summed E-state index contributed by atoms with van der Waals surface area (Å²) in [4.78, 5) is 4.41. The number of nitrogens with one attached hydrogen (secondary N) is 2. The molecular weight excluding hydrogens is 536 g/mol. The SMILES string of the molecule is CC(C)(C)NCCCNc1c(-c2cc(OCC(F)(F)F)cc(OCC(F)(F)F)c2)cnc2cc(Cl)ccc12. The van der Waals surface area contributed by atoms with E-state index in [1.165, 1.54) is 18.3 Å². The Hall–Kier alpha value is -2.92. The quantitative estimate of drug-likeness (QED) is 0.196. The third-order valence-corrected chi connectivity index (χ3v) is 5.37. The predicted molar refractivity (Wildman–Crippen MR) is 136 cm³/mol. The van der Waals surface area contributed by atoms with Crippen LogP contribution in [-0.4, -0.2) is 49.2 Å². The van der Waals surface area contributed by atoms with Crippen LogP contribution in [-0.2, 0) is 0 Å². The first-order chi connectivity index (χ1) is 17.6. The van der Waals surface area contributed by atoms with E-state index in [-0.39, 0.29) is 22.6 Å². The minimum Gasteiger partial charge on any atom is -0.484 e. The van der Waals surface area contributed by atoms with Crippen molar-refractivity contribution < 1.29 is 35.8 Å². The molecule has 0 bridgehead atoms. The van der Waals surface area contributed by atoms with E-state index in [1.54, 1.807) is 18.2 Å². The van der Waals surface area contributed by atoms with Gasteiger partial charge in [-0.05, 0) is 69.6 Å². The summed E-state index contributed by atoms with van der Waals surface area (Å²) in [5.41, 5.74) is 1.81. The Morgan fingerprint density at radius 3 is 2.00 bits per heavy atom. The molecule has 208 valence electrons. The number of nitrogens with zero attached hydrogens (tertiary/aromatic N) is 1. The summed E-state index contributed by atoms with van der Waals surface area (Å²) < 4.78 is 86.3. The smallest absolute Gasteiger partial charge is 0.422 e. The number of halogens is 7. The van der Waals surface area contributed by atoms with Crippen LogP contribution in [0.5, 0.6) is 11.5 Å².